The van der Waals surface area contributed by atoms with Crippen molar-refractivity contribution in [3.05, 3.63) is 64.2 Å². The first-order valence-electron chi connectivity index (χ1n) is 7.70. The Bertz CT molecular complexity index is 936. The minimum absolute atomic E-state index is 0.0988. The van der Waals surface area contributed by atoms with E-state index in [0.29, 0.717) is 17.9 Å². The van der Waals surface area contributed by atoms with Crippen molar-refractivity contribution in [3.8, 4) is 17.2 Å². The molecule has 1 amide bonds. The summed E-state index contributed by atoms with van der Waals surface area (Å²) in [4.78, 5) is 22.6. The predicted octanol–water partition coefficient (Wildman–Crippen LogP) is 3.30. The van der Waals surface area contributed by atoms with E-state index in [1.165, 1.54) is 24.3 Å². The second-order valence-electron chi connectivity index (χ2n) is 5.10. The summed E-state index contributed by atoms with van der Waals surface area (Å²) >= 11 is 0. The van der Waals surface area contributed by atoms with Crippen molar-refractivity contribution >= 4 is 17.6 Å². The molecule has 2 aromatic carbocycles. The van der Waals surface area contributed by atoms with E-state index in [9.17, 15) is 14.9 Å². The molecule has 9 heteroatoms. The van der Waals surface area contributed by atoms with Gasteiger partial charge in [0, 0.05) is 11.6 Å². The summed E-state index contributed by atoms with van der Waals surface area (Å²) in [6, 6.07) is 12.4. The Kier molecular flexibility index (Phi) is 4.88. The molecule has 0 saturated carbocycles. The number of nitrogens with one attached hydrogen (secondary N) is 1. The molecule has 0 atom stereocenters. The summed E-state index contributed by atoms with van der Waals surface area (Å²) in [5.41, 5.74) is 0.238. The highest BCUT2D eigenvalue weighted by atomic mass is 16.6. The second kappa shape index (κ2) is 7.43. The molecule has 0 aliphatic rings. The van der Waals surface area contributed by atoms with Crippen molar-refractivity contribution < 1.29 is 18.9 Å². The normalized spacial score (nSPS) is 10.3. The molecule has 3 aromatic rings. The Morgan fingerprint density at radius 1 is 1.19 bits per heavy atom. The SMILES string of the molecule is CCOc1ccc(-c2nnc(NC(=O)c3ccccc3[N+](=O)[O-])o2)cc1. The van der Waals surface area contributed by atoms with Gasteiger partial charge in [-0.05, 0) is 37.3 Å². The molecule has 1 N–H and O–H groups in total. The van der Waals surface area contributed by atoms with E-state index in [0.717, 1.165) is 0 Å². The number of anilines is 1. The zero-order chi connectivity index (χ0) is 18.5. The smallest absolute Gasteiger partial charge is 0.322 e. The highest BCUT2D eigenvalue weighted by Crippen LogP contribution is 2.24. The van der Waals surface area contributed by atoms with Gasteiger partial charge in [-0.2, -0.15) is 0 Å². The first-order chi connectivity index (χ1) is 12.6. The van der Waals surface area contributed by atoms with Crippen LogP contribution in [0.5, 0.6) is 5.75 Å². The van der Waals surface area contributed by atoms with Crippen molar-refractivity contribution in [1.29, 1.82) is 0 Å². The number of rotatable bonds is 6. The van der Waals surface area contributed by atoms with Crippen LogP contribution in [0.25, 0.3) is 11.5 Å². The molecular formula is C17H14N4O5. The van der Waals surface area contributed by atoms with Crippen molar-refractivity contribution in [2.24, 2.45) is 0 Å². The third kappa shape index (κ3) is 3.66. The molecule has 0 radical (unpaired) electrons. The van der Waals surface area contributed by atoms with Gasteiger partial charge in [0.05, 0.1) is 11.5 Å². The van der Waals surface area contributed by atoms with Crippen LogP contribution in [-0.2, 0) is 0 Å². The van der Waals surface area contributed by atoms with E-state index in [1.54, 1.807) is 24.3 Å². The van der Waals surface area contributed by atoms with Gasteiger partial charge >= 0.3 is 6.01 Å². The van der Waals surface area contributed by atoms with Crippen LogP contribution in [0.4, 0.5) is 11.7 Å². The maximum Gasteiger partial charge on any atom is 0.322 e. The zero-order valence-corrected chi connectivity index (χ0v) is 13.7. The maximum absolute atomic E-state index is 12.2. The topological polar surface area (TPSA) is 120 Å². The first-order valence-corrected chi connectivity index (χ1v) is 7.70. The molecule has 3 rings (SSSR count). The molecule has 0 bridgehead atoms. The number of carbonyl (C=O) groups excluding carboxylic acids is 1. The lowest BCUT2D eigenvalue weighted by Gasteiger charge is -2.02. The Morgan fingerprint density at radius 3 is 2.62 bits per heavy atom. The van der Waals surface area contributed by atoms with Gasteiger partial charge < -0.3 is 9.15 Å². The van der Waals surface area contributed by atoms with Crippen molar-refractivity contribution in [2.45, 2.75) is 6.92 Å². The third-order valence-electron chi connectivity index (χ3n) is 3.40. The summed E-state index contributed by atoms with van der Waals surface area (Å²) < 4.78 is 10.8. The average Bonchev–Trinajstić information content (AvgIpc) is 3.11. The quantitative estimate of drug-likeness (QED) is 0.532. The number of hydrogen-bond acceptors (Lipinski definition) is 7. The molecule has 0 fully saturated rings. The number of amides is 1. The predicted molar refractivity (Wildman–Crippen MR) is 92.0 cm³/mol. The van der Waals surface area contributed by atoms with Crippen LogP contribution in [0.3, 0.4) is 0 Å². The van der Waals surface area contributed by atoms with Crippen LogP contribution >= 0.6 is 0 Å². The molecule has 9 nitrogen and oxygen atoms in total. The van der Waals surface area contributed by atoms with Crippen LogP contribution in [-0.4, -0.2) is 27.6 Å². The Morgan fingerprint density at radius 2 is 1.92 bits per heavy atom. The minimum atomic E-state index is -0.709. The molecule has 1 aromatic heterocycles. The second-order valence-corrected chi connectivity index (χ2v) is 5.10. The number of nitrogens with zero attached hydrogens (tertiary/aromatic N) is 3. The lowest BCUT2D eigenvalue weighted by Crippen LogP contribution is -2.14. The van der Waals surface area contributed by atoms with E-state index < -0.39 is 10.8 Å². The Balaban J connectivity index is 1.76. The highest BCUT2D eigenvalue weighted by Gasteiger charge is 2.21. The fourth-order valence-electron chi connectivity index (χ4n) is 2.24. The maximum atomic E-state index is 12.2. The zero-order valence-electron chi connectivity index (χ0n) is 13.7. The summed E-state index contributed by atoms with van der Waals surface area (Å²) in [5, 5.41) is 21.0. The lowest BCUT2D eigenvalue weighted by molar-refractivity contribution is -0.385. The molecule has 1 heterocycles. The monoisotopic (exact) mass is 354 g/mol. The first kappa shape index (κ1) is 17.1. The number of carbonyl (C=O) groups is 1. The van der Waals surface area contributed by atoms with Crippen LogP contribution < -0.4 is 10.1 Å². The molecule has 0 saturated heterocycles. The summed E-state index contributed by atoms with van der Waals surface area (Å²) in [6.45, 7) is 2.44. The van der Waals surface area contributed by atoms with Gasteiger partial charge in [-0.3, -0.25) is 20.2 Å². The Hall–Kier alpha value is -3.75. The van der Waals surface area contributed by atoms with E-state index in [1.807, 2.05) is 6.92 Å². The number of benzene rings is 2. The van der Waals surface area contributed by atoms with Crippen molar-refractivity contribution in [1.82, 2.24) is 10.2 Å². The van der Waals surface area contributed by atoms with Crippen molar-refractivity contribution in [2.75, 3.05) is 11.9 Å². The van der Waals surface area contributed by atoms with Gasteiger partial charge in [-0.1, -0.05) is 17.2 Å². The van der Waals surface area contributed by atoms with Gasteiger partial charge in [0.15, 0.2) is 0 Å². The third-order valence-corrected chi connectivity index (χ3v) is 3.40. The lowest BCUT2D eigenvalue weighted by atomic mass is 10.1. The molecule has 0 unspecified atom stereocenters. The molecule has 0 spiro atoms. The van der Waals surface area contributed by atoms with Crippen LogP contribution in [0.1, 0.15) is 17.3 Å². The van der Waals surface area contributed by atoms with Gasteiger partial charge in [-0.25, -0.2) is 0 Å². The summed E-state index contributed by atoms with van der Waals surface area (Å²) in [6.07, 6.45) is 0. The molecule has 0 aliphatic heterocycles. The fourth-order valence-corrected chi connectivity index (χ4v) is 2.24. The van der Waals surface area contributed by atoms with Gasteiger partial charge in [0.25, 0.3) is 11.6 Å². The van der Waals surface area contributed by atoms with Gasteiger partial charge in [-0.15, -0.1) is 5.10 Å². The van der Waals surface area contributed by atoms with E-state index in [-0.39, 0.29) is 23.2 Å². The average molecular weight is 354 g/mol. The van der Waals surface area contributed by atoms with Crippen molar-refractivity contribution in [3.63, 3.8) is 0 Å². The van der Waals surface area contributed by atoms with E-state index in [2.05, 4.69) is 15.5 Å². The molecule has 0 aliphatic carbocycles. The number of para-hydroxylation sites is 1. The van der Waals surface area contributed by atoms with E-state index in [4.69, 9.17) is 9.15 Å². The fraction of sp³-hybridized carbons (Fsp3) is 0.118. The number of hydrogen-bond donors (Lipinski definition) is 1. The van der Waals surface area contributed by atoms with Gasteiger partial charge in [0.2, 0.25) is 5.89 Å². The number of ether oxygens (including phenoxy) is 1. The number of nitro benzene ring substituents is 1. The van der Waals surface area contributed by atoms with Gasteiger partial charge in [0.1, 0.15) is 11.3 Å². The van der Waals surface area contributed by atoms with E-state index >= 15 is 0 Å². The summed E-state index contributed by atoms with van der Waals surface area (Å²) in [7, 11) is 0. The molecular weight excluding hydrogens is 340 g/mol. The van der Waals surface area contributed by atoms with Crippen LogP contribution in [0, 0.1) is 10.1 Å². The number of nitro groups is 1. The standard InChI is InChI=1S/C17H14N4O5/c1-2-25-12-9-7-11(8-10-12)16-19-20-17(26-16)18-15(22)13-5-3-4-6-14(13)21(23)24/h3-10H,2H2,1H3,(H,18,20,22). The number of aromatic nitrogens is 2. The molecule has 132 valence electrons. The minimum Gasteiger partial charge on any atom is -0.494 e. The van der Waals surface area contributed by atoms with Crippen LogP contribution in [0.15, 0.2) is 52.9 Å². The summed E-state index contributed by atoms with van der Waals surface area (Å²) in [5.74, 6) is 0.200. The largest absolute Gasteiger partial charge is 0.494 e. The van der Waals surface area contributed by atoms with Crippen LogP contribution in [0.2, 0.25) is 0 Å². The molecule has 26 heavy (non-hydrogen) atoms. The highest BCUT2D eigenvalue weighted by molar-refractivity contribution is 6.06. The Labute approximate surface area is 147 Å².